The minimum Gasteiger partial charge on any atom is -0.395 e. The molecule has 0 bridgehead atoms. The van der Waals surface area contributed by atoms with Gasteiger partial charge in [-0.3, -0.25) is 4.79 Å². The van der Waals surface area contributed by atoms with Crippen LogP contribution in [-0.2, 0) is 4.79 Å². The van der Waals surface area contributed by atoms with Crippen molar-refractivity contribution in [2.45, 2.75) is 38.9 Å². The van der Waals surface area contributed by atoms with Gasteiger partial charge in [-0.2, -0.15) is 0 Å². The van der Waals surface area contributed by atoms with Gasteiger partial charge < -0.3 is 10.0 Å². The maximum atomic E-state index is 11.8. The average molecular weight is 233 g/mol. The summed E-state index contributed by atoms with van der Waals surface area (Å²) in [6.45, 7) is 7.93. The Balaban J connectivity index is 3.90. The molecule has 3 nitrogen and oxygen atoms in total. The topological polar surface area (TPSA) is 40.5 Å². The molecule has 0 aliphatic heterocycles. The predicted octanol–water partition coefficient (Wildman–Crippen LogP) is 1.75. The standard InChI is InChI=1S/C11H23NO2S/c1-4-6-12(7-5-2)11(14)9-15-10(3)8-13/h10,13H,4-9H2,1-3H3. The lowest BCUT2D eigenvalue weighted by atomic mass is 10.3. The summed E-state index contributed by atoms with van der Waals surface area (Å²) in [5.41, 5.74) is 0. The number of thioether (sulfide) groups is 1. The summed E-state index contributed by atoms with van der Waals surface area (Å²) >= 11 is 1.52. The van der Waals surface area contributed by atoms with Crippen molar-refractivity contribution >= 4 is 17.7 Å². The van der Waals surface area contributed by atoms with Gasteiger partial charge in [0.2, 0.25) is 5.91 Å². The van der Waals surface area contributed by atoms with Gasteiger partial charge in [-0.25, -0.2) is 0 Å². The number of carbonyl (C=O) groups is 1. The first-order chi connectivity index (χ1) is 7.15. The van der Waals surface area contributed by atoms with Crippen molar-refractivity contribution in [3.05, 3.63) is 0 Å². The van der Waals surface area contributed by atoms with Crippen LogP contribution in [-0.4, -0.2) is 46.6 Å². The first-order valence-electron chi connectivity index (χ1n) is 5.65. The van der Waals surface area contributed by atoms with Gasteiger partial charge >= 0.3 is 0 Å². The zero-order valence-corrected chi connectivity index (χ0v) is 10.8. The quantitative estimate of drug-likeness (QED) is 0.694. The third kappa shape index (κ3) is 6.79. The van der Waals surface area contributed by atoms with E-state index in [1.165, 1.54) is 11.8 Å². The van der Waals surface area contributed by atoms with Crippen LogP contribution in [0.4, 0.5) is 0 Å². The minimum atomic E-state index is 0.138. The van der Waals surface area contributed by atoms with Gasteiger partial charge in [0.25, 0.3) is 0 Å². The van der Waals surface area contributed by atoms with Crippen molar-refractivity contribution < 1.29 is 9.90 Å². The Morgan fingerprint density at radius 1 is 1.33 bits per heavy atom. The number of hydrogen-bond donors (Lipinski definition) is 1. The lowest BCUT2D eigenvalue weighted by Gasteiger charge is -2.21. The molecular weight excluding hydrogens is 210 g/mol. The molecule has 0 aliphatic carbocycles. The largest absolute Gasteiger partial charge is 0.395 e. The second-order valence-corrected chi connectivity index (χ2v) is 5.11. The summed E-state index contributed by atoms with van der Waals surface area (Å²) in [6, 6.07) is 0. The van der Waals surface area contributed by atoms with Gasteiger partial charge in [-0.05, 0) is 12.8 Å². The molecule has 0 heterocycles. The highest BCUT2D eigenvalue weighted by Crippen LogP contribution is 2.10. The SMILES string of the molecule is CCCN(CCC)C(=O)CSC(C)CO. The maximum absolute atomic E-state index is 11.8. The zero-order valence-electron chi connectivity index (χ0n) is 10.0. The van der Waals surface area contributed by atoms with Crippen molar-refractivity contribution in [1.29, 1.82) is 0 Å². The molecule has 1 amide bonds. The molecule has 0 aromatic rings. The summed E-state index contributed by atoms with van der Waals surface area (Å²) in [6.07, 6.45) is 2.01. The molecule has 4 heteroatoms. The van der Waals surface area contributed by atoms with Crippen LogP contribution in [0.5, 0.6) is 0 Å². The molecule has 1 atom stereocenters. The fraction of sp³-hybridized carbons (Fsp3) is 0.909. The monoisotopic (exact) mass is 233 g/mol. The highest BCUT2D eigenvalue weighted by molar-refractivity contribution is 8.00. The minimum absolute atomic E-state index is 0.138. The first kappa shape index (κ1) is 14.8. The van der Waals surface area contributed by atoms with Gasteiger partial charge in [0.15, 0.2) is 0 Å². The molecule has 0 saturated heterocycles. The Hall–Kier alpha value is -0.220. The number of nitrogens with zero attached hydrogens (tertiary/aromatic N) is 1. The Morgan fingerprint density at radius 2 is 1.87 bits per heavy atom. The lowest BCUT2D eigenvalue weighted by molar-refractivity contribution is -0.128. The van der Waals surface area contributed by atoms with Crippen molar-refractivity contribution in [1.82, 2.24) is 4.90 Å². The molecule has 0 saturated carbocycles. The summed E-state index contributed by atoms with van der Waals surface area (Å²) < 4.78 is 0. The van der Waals surface area contributed by atoms with Crippen molar-refractivity contribution in [3.8, 4) is 0 Å². The fourth-order valence-corrected chi connectivity index (χ4v) is 1.97. The Bertz CT molecular complexity index is 170. The van der Waals surface area contributed by atoms with Crippen LogP contribution in [0.3, 0.4) is 0 Å². The van der Waals surface area contributed by atoms with Crippen LogP contribution >= 0.6 is 11.8 Å². The van der Waals surface area contributed by atoms with Crippen LogP contribution in [0.2, 0.25) is 0 Å². The highest BCUT2D eigenvalue weighted by atomic mass is 32.2. The van der Waals surface area contributed by atoms with E-state index in [-0.39, 0.29) is 17.8 Å². The number of amides is 1. The van der Waals surface area contributed by atoms with Crippen molar-refractivity contribution in [2.75, 3.05) is 25.4 Å². The second kappa shape index (κ2) is 9.04. The summed E-state index contributed by atoms with van der Waals surface area (Å²) in [5.74, 6) is 0.686. The third-order valence-corrected chi connectivity index (χ3v) is 3.22. The summed E-state index contributed by atoms with van der Waals surface area (Å²) in [7, 11) is 0. The van der Waals surface area contributed by atoms with Gasteiger partial charge in [-0.15, -0.1) is 11.8 Å². The average Bonchev–Trinajstić information content (AvgIpc) is 2.25. The van der Waals surface area contributed by atoms with Crippen molar-refractivity contribution in [2.24, 2.45) is 0 Å². The van der Waals surface area contributed by atoms with E-state index in [1.54, 1.807) is 0 Å². The fourth-order valence-electron chi connectivity index (χ4n) is 1.26. The molecule has 0 rings (SSSR count). The van der Waals surface area contributed by atoms with Gasteiger partial charge in [0.05, 0.1) is 12.4 Å². The van der Waals surface area contributed by atoms with Crippen LogP contribution in [0.1, 0.15) is 33.6 Å². The molecule has 0 aromatic carbocycles. The molecule has 1 N–H and O–H groups in total. The second-order valence-electron chi connectivity index (χ2n) is 3.68. The maximum Gasteiger partial charge on any atom is 0.232 e. The van der Waals surface area contributed by atoms with E-state index < -0.39 is 0 Å². The molecule has 0 fully saturated rings. The molecule has 1 unspecified atom stereocenters. The smallest absolute Gasteiger partial charge is 0.232 e. The molecule has 90 valence electrons. The number of carbonyl (C=O) groups excluding carboxylic acids is 1. The Labute approximate surface area is 97.2 Å². The molecule has 15 heavy (non-hydrogen) atoms. The van der Waals surface area contributed by atoms with E-state index in [0.29, 0.717) is 5.75 Å². The third-order valence-electron chi connectivity index (χ3n) is 2.09. The summed E-state index contributed by atoms with van der Waals surface area (Å²) in [5, 5.41) is 9.00. The first-order valence-corrected chi connectivity index (χ1v) is 6.70. The highest BCUT2D eigenvalue weighted by Gasteiger charge is 2.12. The summed E-state index contributed by atoms with van der Waals surface area (Å²) in [4.78, 5) is 13.7. The molecule has 0 spiro atoms. The predicted molar refractivity (Wildman–Crippen MR) is 66.2 cm³/mol. The number of hydrogen-bond acceptors (Lipinski definition) is 3. The van der Waals surface area contributed by atoms with Crippen LogP contribution in [0, 0.1) is 0 Å². The Morgan fingerprint density at radius 3 is 2.27 bits per heavy atom. The molecule has 0 radical (unpaired) electrons. The lowest BCUT2D eigenvalue weighted by Crippen LogP contribution is -2.34. The van der Waals surface area contributed by atoms with E-state index in [1.807, 2.05) is 11.8 Å². The zero-order chi connectivity index (χ0) is 11.7. The van der Waals surface area contributed by atoms with Gasteiger partial charge in [0, 0.05) is 18.3 Å². The molecular formula is C11H23NO2S. The molecule has 0 aromatic heterocycles. The van der Waals surface area contributed by atoms with E-state index in [0.717, 1.165) is 25.9 Å². The number of aliphatic hydroxyl groups is 1. The van der Waals surface area contributed by atoms with Gasteiger partial charge in [-0.1, -0.05) is 20.8 Å². The van der Waals surface area contributed by atoms with E-state index >= 15 is 0 Å². The number of aliphatic hydroxyl groups excluding tert-OH is 1. The normalized spacial score (nSPS) is 12.5. The van der Waals surface area contributed by atoms with Crippen LogP contribution in [0.15, 0.2) is 0 Å². The van der Waals surface area contributed by atoms with Crippen LogP contribution in [0.25, 0.3) is 0 Å². The van der Waals surface area contributed by atoms with E-state index in [9.17, 15) is 4.79 Å². The van der Waals surface area contributed by atoms with Crippen LogP contribution < -0.4 is 0 Å². The van der Waals surface area contributed by atoms with Crippen molar-refractivity contribution in [3.63, 3.8) is 0 Å². The Kier molecular flexibility index (Phi) is 8.91. The van der Waals surface area contributed by atoms with E-state index in [2.05, 4.69) is 13.8 Å². The number of rotatable bonds is 8. The van der Waals surface area contributed by atoms with E-state index in [4.69, 9.17) is 5.11 Å². The van der Waals surface area contributed by atoms with Gasteiger partial charge in [0.1, 0.15) is 0 Å². The molecule has 0 aliphatic rings.